The van der Waals surface area contributed by atoms with E-state index in [0.29, 0.717) is 0 Å². The molecule has 2 N–H and O–H groups in total. The third-order valence-electron chi connectivity index (χ3n) is 2.11. The molecule has 0 aliphatic rings. The Labute approximate surface area is 84.1 Å². The van der Waals surface area contributed by atoms with Crippen LogP contribution in [0.3, 0.4) is 0 Å². The number of halogens is 1. The minimum Gasteiger partial charge on any atom is -0.324 e. The highest BCUT2D eigenvalue weighted by Gasteiger charge is 2.05. The SMILES string of the molecule is C#CCCCC(N)c1cccc(F)c1. The Bertz CT molecular complexity index is 327. The molecule has 0 heterocycles. The second-order valence-corrected chi connectivity index (χ2v) is 3.26. The fourth-order valence-electron chi connectivity index (χ4n) is 1.33. The molecule has 0 saturated carbocycles. The highest BCUT2D eigenvalue weighted by atomic mass is 19.1. The van der Waals surface area contributed by atoms with Gasteiger partial charge in [0.25, 0.3) is 0 Å². The van der Waals surface area contributed by atoms with Crippen molar-refractivity contribution in [2.75, 3.05) is 0 Å². The molecule has 0 spiro atoms. The molecule has 0 aliphatic heterocycles. The van der Waals surface area contributed by atoms with E-state index in [4.69, 9.17) is 12.2 Å². The first-order chi connectivity index (χ1) is 6.74. The Kier molecular flexibility index (Phi) is 4.15. The lowest BCUT2D eigenvalue weighted by Gasteiger charge is -2.10. The van der Waals surface area contributed by atoms with E-state index in [-0.39, 0.29) is 11.9 Å². The Morgan fingerprint density at radius 3 is 2.93 bits per heavy atom. The normalized spacial score (nSPS) is 12.1. The molecular formula is C12H14FN. The average Bonchev–Trinajstić information content (AvgIpc) is 2.18. The molecule has 0 saturated heterocycles. The van der Waals surface area contributed by atoms with Crippen molar-refractivity contribution in [3.05, 3.63) is 35.6 Å². The first-order valence-electron chi connectivity index (χ1n) is 4.68. The molecule has 0 radical (unpaired) electrons. The fourth-order valence-corrected chi connectivity index (χ4v) is 1.33. The molecule has 74 valence electrons. The molecule has 1 rings (SSSR count). The van der Waals surface area contributed by atoms with Gasteiger partial charge in [-0.15, -0.1) is 12.3 Å². The van der Waals surface area contributed by atoms with Crippen molar-refractivity contribution in [3.63, 3.8) is 0 Å². The van der Waals surface area contributed by atoms with Gasteiger partial charge in [-0.05, 0) is 30.5 Å². The number of unbranched alkanes of at least 4 members (excludes halogenated alkanes) is 1. The quantitative estimate of drug-likeness (QED) is 0.574. The number of rotatable bonds is 4. The van der Waals surface area contributed by atoms with Crippen molar-refractivity contribution < 1.29 is 4.39 Å². The number of benzene rings is 1. The zero-order valence-corrected chi connectivity index (χ0v) is 8.04. The van der Waals surface area contributed by atoms with E-state index in [2.05, 4.69) is 5.92 Å². The lowest BCUT2D eigenvalue weighted by molar-refractivity contribution is 0.598. The van der Waals surface area contributed by atoms with Gasteiger partial charge < -0.3 is 5.73 Å². The van der Waals surface area contributed by atoms with Gasteiger partial charge in [-0.1, -0.05) is 12.1 Å². The van der Waals surface area contributed by atoms with Crippen molar-refractivity contribution >= 4 is 0 Å². The molecule has 0 bridgehead atoms. The third kappa shape index (κ3) is 3.20. The zero-order valence-electron chi connectivity index (χ0n) is 8.04. The number of nitrogens with two attached hydrogens (primary N) is 1. The van der Waals surface area contributed by atoms with Gasteiger partial charge in [0.2, 0.25) is 0 Å². The topological polar surface area (TPSA) is 26.0 Å². The summed E-state index contributed by atoms with van der Waals surface area (Å²) in [5, 5.41) is 0. The van der Waals surface area contributed by atoms with Crippen molar-refractivity contribution in [2.45, 2.75) is 25.3 Å². The van der Waals surface area contributed by atoms with Gasteiger partial charge in [0.05, 0.1) is 0 Å². The summed E-state index contributed by atoms with van der Waals surface area (Å²) < 4.78 is 12.8. The second kappa shape index (κ2) is 5.41. The van der Waals surface area contributed by atoms with Crippen molar-refractivity contribution in [1.29, 1.82) is 0 Å². The standard InChI is InChI=1S/C12H14FN/c1-2-3-4-8-12(14)10-6-5-7-11(13)9-10/h1,5-7,9,12H,3-4,8,14H2. The molecule has 14 heavy (non-hydrogen) atoms. The zero-order chi connectivity index (χ0) is 10.4. The summed E-state index contributed by atoms with van der Waals surface area (Å²) in [4.78, 5) is 0. The Hall–Kier alpha value is -1.33. The summed E-state index contributed by atoms with van der Waals surface area (Å²) in [7, 11) is 0. The van der Waals surface area contributed by atoms with Gasteiger partial charge in [-0.3, -0.25) is 0 Å². The van der Waals surface area contributed by atoms with Gasteiger partial charge in [-0.25, -0.2) is 4.39 Å². The van der Waals surface area contributed by atoms with E-state index in [1.165, 1.54) is 12.1 Å². The Balaban J connectivity index is 2.52. The summed E-state index contributed by atoms with van der Waals surface area (Å²) >= 11 is 0. The van der Waals surface area contributed by atoms with E-state index in [0.717, 1.165) is 24.8 Å². The lowest BCUT2D eigenvalue weighted by Crippen LogP contribution is -2.10. The highest BCUT2D eigenvalue weighted by molar-refractivity contribution is 5.19. The lowest BCUT2D eigenvalue weighted by atomic mass is 10.0. The van der Waals surface area contributed by atoms with Gasteiger partial charge in [-0.2, -0.15) is 0 Å². The van der Waals surface area contributed by atoms with E-state index in [9.17, 15) is 4.39 Å². The molecule has 0 amide bonds. The monoisotopic (exact) mass is 191 g/mol. The van der Waals surface area contributed by atoms with Crippen LogP contribution in [-0.4, -0.2) is 0 Å². The highest BCUT2D eigenvalue weighted by Crippen LogP contribution is 2.17. The van der Waals surface area contributed by atoms with Crippen LogP contribution in [0, 0.1) is 18.2 Å². The fraction of sp³-hybridized carbons (Fsp3) is 0.333. The predicted octanol–water partition coefficient (Wildman–Crippen LogP) is 2.63. The maximum absolute atomic E-state index is 12.8. The van der Waals surface area contributed by atoms with Crippen molar-refractivity contribution in [2.24, 2.45) is 5.73 Å². The number of terminal acetylenes is 1. The van der Waals surface area contributed by atoms with Crippen LogP contribution in [0.15, 0.2) is 24.3 Å². The molecular weight excluding hydrogens is 177 g/mol. The number of hydrogen-bond donors (Lipinski definition) is 1. The molecule has 0 aliphatic carbocycles. The Morgan fingerprint density at radius 2 is 2.29 bits per heavy atom. The predicted molar refractivity (Wildman–Crippen MR) is 56.0 cm³/mol. The molecule has 0 aromatic heterocycles. The largest absolute Gasteiger partial charge is 0.324 e. The summed E-state index contributed by atoms with van der Waals surface area (Å²) in [6.07, 6.45) is 7.53. The van der Waals surface area contributed by atoms with E-state index in [1.54, 1.807) is 6.07 Å². The van der Waals surface area contributed by atoms with E-state index < -0.39 is 0 Å². The van der Waals surface area contributed by atoms with Gasteiger partial charge >= 0.3 is 0 Å². The van der Waals surface area contributed by atoms with Crippen molar-refractivity contribution in [1.82, 2.24) is 0 Å². The van der Waals surface area contributed by atoms with Crippen LogP contribution >= 0.6 is 0 Å². The van der Waals surface area contributed by atoms with Gasteiger partial charge in [0.1, 0.15) is 5.82 Å². The molecule has 1 atom stereocenters. The molecule has 0 fully saturated rings. The van der Waals surface area contributed by atoms with Gasteiger partial charge in [0.15, 0.2) is 0 Å². The molecule has 2 heteroatoms. The van der Waals surface area contributed by atoms with Crippen LogP contribution in [0.2, 0.25) is 0 Å². The maximum atomic E-state index is 12.8. The van der Waals surface area contributed by atoms with Crippen LogP contribution in [-0.2, 0) is 0 Å². The first-order valence-corrected chi connectivity index (χ1v) is 4.68. The summed E-state index contributed by atoms with van der Waals surface area (Å²) in [5.41, 5.74) is 6.70. The summed E-state index contributed by atoms with van der Waals surface area (Å²) in [5.74, 6) is 2.32. The Morgan fingerprint density at radius 1 is 1.50 bits per heavy atom. The smallest absolute Gasteiger partial charge is 0.123 e. The second-order valence-electron chi connectivity index (χ2n) is 3.26. The minimum atomic E-state index is -0.241. The minimum absolute atomic E-state index is 0.112. The summed E-state index contributed by atoms with van der Waals surface area (Å²) in [6, 6.07) is 6.28. The average molecular weight is 191 g/mol. The van der Waals surface area contributed by atoms with Crippen LogP contribution in [0.25, 0.3) is 0 Å². The third-order valence-corrected chi connectivity index (χ3v) is 2.11. The van der Waals surface area contributed by atoms with Crippen LogP contribution in [0.1, 0.15) is 30.9 Å². The van der Waals surface area contributed by atoms with Crippen LogP contribution < -0.4 is 5.73 Å². The van der Waals surface area contributed by atoms with Gasteiger partial charge in [0, 0.05) is 12.5 Å². The van der Waals surface area contributed by atoms with Crippen molar-refractivity contribution in [3.8, 4) is 12.3 Å². The molecule has 1 nitrogen and oxygen atoms in total. The first kappa shape index (κ1) is 10.7. The molecule has 1 aromatic carbocycles. The molecule has 1 aromatic rings. The number of hydrogen-bond acceptors (Lipinski definition) is 1. The van der Waals surface area contributed by atoms with E-state index in [1.807, 2.05) is 6.07 Å². The van der Waals surface area contributed by atoms with E-state index >= 15 is 0 Å². The maximum Gasteiger partial charge on any atom is 0.123 e. The van der Waals surface area contributed by atoms with Crippen LogP contribution in [0.5, 0.6) is 0 Å². The molecule has 1 unspecified atom stereocenters. The van der Waals surface area contributed by atoms with Crippen LogP contribution in [0.4, 0.5) is 4.39 Å². The summed E-state index contributed by atoms with van der Waals surface area (Å²) in [6.45, 7) is 0.